The lowest BCUT2D eigenvalue weighted by molar-refractivity contribution is -0.119. The molecule has 1 heterocycles. The number of hydrogen-bond donors (Lipinski definition) is 1. The van der Waals surface area contributed by atoms with Crippen LogP contribution in [0.4, 0.5) is 5.69 Å². The molecule has 0 bridgehead atoms. The second-order valence-corrected chi connectivity index (χ2v) is 9.86. The number of anilines is 1. The maximum Gasteiger partial charge on any atom is 0.338 e. The van der Waals surface area contributed by atoms with E-state index in [2.05, 4.69) is 26.5 Å². The van der Waals surface area contributed by atoms with Crippen LogP contribution in [0.3, 0.4) is 0 Å². The van der Waals surface area contributed by atoms with E-state index in [-0.39, 0.29) is 0 Å². The zero-order valence-electron chi connectivity index (χ0n) is 18.4. The Morgan fingerprint density at radius 1 is 1.09 bits per heavy atom. The fourth-order valence-corrected chi connectivity index (χ4v) is 4.02. The summed E-state index contributed by atoms with van der Waals surface area (Å²) in [5.74, 6) is -0.100. The molecule has 34 heavy (non-hydrogen) atoms. The molecule has 0 unspecified atom stereocenters. The Morgan fingerprint density at radius 3 is 2.38 bits per heavy atom. The van der Waals surface area contributed by atoms with Crippen molar-refractivity contribution in [2.24, 2.45) is 5.10 Å². The summed E-state index contributed by atoms with van der Waals surface area (Å²) in [6, 6.07) is 16.7. The number of benzene rings is 2. The lowest BCUT2D eigenvalue weighted by Gasteiger charge is -2.21. The molecule has 0 spiro atoms. The number of nitrogens with one attached hydrogen (secondary N) is 1. The predicted molar refractivity (Wildman–Crippen MR) is 132 cm³/mol. The van der Waals surface area contributed by atoms with Gasteiger partial charge in [0.1, 0.15) is 18.1 Å². The average molecular weight is 548 g/mol. The molecule has 1 amide bonds. The number of hydrazone groups is 1. The number of ether oxygens (including phenoxy) is 1. The van der Waals surface area contributed by atoms with Crippen molar-refractivity contribution in [2.75, 3.05) is 23.7 Å². The van der Waals surface area contributed by atoms with E-state index in [0.717, 1.165) is 20.6 Å². The van der Waals surface area contributed by atoms with Gasteiger partial charge in [-0.25, -0.2) is 18.6 Å². The number of hydrogen-bond acceptors (Lipinski definition) is 7. The predicted octanol–water partition coefficient (Wildman–Crippen LogP) is 3.80. The third kappa shape index (κ3) is 6.78. The third-order valence-corrected chi connectivity index (χ3v) is 6.16. The van der Waals surface area contributed by atoms with Gasteiger partial charge in [-0.15, -0.1) is 0 Å². The minimum absolute atomic E-state index is 0.300. The number of rotatable bonds is 9. The lowest BCUT2D eigenvalue weighted by atomic mass is 10.1. The summed E-state index contributed by atoms with van der Waals surface area (Å²) in [4.78, 5) is 24.0. The van der Waals surface area contributed by atoms with Gasteiger partial charge in [-0.3, -0.25) is 9.10 Å². The van der Waals surface area contributed by atoms with Crippen LogP contribution in [0.1, 0.15) is 23.0 Å². The number of carbonyl (C=O) groups is 2. The highest BCUT2D eigenvalue weighted by molar-refractivity contribution is 9.10. The average Bonchev–Trinajstić information content (AvgIpc) is 3.27. The molecule has 3 rings (SSSR count). The number of nitrogens with zero attached hydrogens (tertiary/aromatic N) is 2. The van der Waals surface area contributed by atoms with Crippen molar-refractivity contribution in [1.82, 2.24) is 5.43 Å². The Morgan fingerprint density at radius 2 is 1.76 bits per heavy atom. The van der Waals surface area contributed by atoms with E-state index < -0.39 is 28.4 Å². The van der Waals surface area contributed by atoms with Crippen molar-refractivity contribution in [3.05, 3.63) is 76.5 Å². The largest absolute Gasteiger partial charge is 0.462 e. The molecule has 0 saturated heterocycles. The molecule has 0 radical (unpaired) electrons. The fourth-order valence-electron chi connectivity index (χ4n) is 2.90. The first-order valence-corrected chi connectivity index (χ1v) is 12.7. The van der Waals surface area contributed by atoms with Gasteiger partial charge in [0.05, 0.1) is 30.3 Å². The van der Waals surface area contributed by atoms with Crippen LogP contribution < -0.4 is 9.73 Å². The summed E-state index contributed by atoms with van der Waals surface area (Å²) < 4.78 is 36.7. The van der Waals surface area contributed by atoms with Gasteiger partial charge >= 0.3 is 5.97 Å². The zero-order valence-corrected chi connectivity index (χ0v) is 20.8. The van der Waals surface area contributed by atoms with E-state index in [9.17, 15) is 18.0 Å². The topological polar surface area (TPSA) is 118 Å². The van der Waals surface area contributed by atoms with E-state index in [4.69, 9.17) is 9.15 Å². The maximum absolute atomic E-state index is 12.3. The SMILES string of the molecule is CCOC(=O)c1ccc(-c2ccc(/C=N\NC(=O)CN(c3ccc(Br)cc3)S(C)(=O)=O)o2)cc1. The fraction of sp³-hybridized carbons (Fsp3) is 0.174. The third-order valence-electron chi connectivity index (χ3n) is 4.49. The maximum atomic E-state index is 12.3. The van der Waals surface area contributed by atoms with Gasteiger partial charge in [0, 0.05) is 10.0 Å². The van der Waals surface area contributed by atoms with E-state index in [1.807, 2.05) is 0 Å². The normalized spacial score (nSPS) is 11.4. The molecule has 178 valence electrons. The summed E-state index contributed by atoms with van der Waals surface area (Å²) in [5.41, 5.74) is 3.84. The first-order chi connectivity index (χ1) is 16.2. The number of esters is 1. The number of amides is 1. The van der Waals surface area contributed by atoms with Gasteiger partial charge in [0.25, 0.3) is 5.91 Å². The summed E-state index contributed by atoms with van der Waals surface area (Å²) in [7, 11) is -3.68. The van der Waals surface area contributed by atoms with Gasteiger partial charge in [-0.1, -0.05) is 28.1 Å². The lowest BCUT2D eigenvalue weighted by Crippen LogP contribution is -2.38. The zero-order chi connectivity index (χ0) is 24.7. The van der Waals surface area contributed by atoms with Crippen molar-refractivity contribution < 1.29 is 27.2 Å². The van der Waals surface area contributed by atoms with Crippen LogP contribution in [0.2, 0.25) is 0 Å². The highest BCUT2D eigenvalue weighted by Crippen LogP contribution is 2.23. The molecule has 3 aromatic rings. The van der Waals surface area contributed by atoms with Crippen molar-refractivity contribution >= 4 is 49.7 Å². The highest BCUT2D eigenvalue weighted by atomic mass is 79.9. The number of sulfonamides is 1. The van der Waals surface area contributed by atoms with E-state index in [0.29, 0.717) is 29.4 Å². The number of furan rings is 1. The molecule has 0 saturated carbocycles. The van der Waals surface area contributed by atoms with Gasteiger partial charge in [-0.2, -0.15) is 5.10 Å². The van der Waals surface area contributed by atoms with Crippen LogP contribution >= 0.6 is 15.9 Å². The minimum Gasteiger partial charge on any atom is -0.462 e. The van der Waals surface area contributed by atoms with Crippen molar-refractivity contribution in [1.29, 1.82) is 0 Å². The molecule has 0 aliphatic rings. The minimum atomic E-state index is -3.68. The Balaban J connectivity index is 1.61. The first-order valence-electron chi connectivity index (χ1n) is 10.1. The van der Waals surface area contributed by atoms with Crippen LogP contribution in [0.5, 0.6) is 0 Å². The van der Waals surface area contributed by atoms with Crippen LogP contribution in [0.15, 0.2) is 74.7 Å². The second kappa shape index (κ2) is 11.1. The smallest absolute Gasteiger partial charge is 0.338 e. The van der Waals surface area contributed by atoms with Gasteiger partial charge in [0.15, 0.2) is 0 Å². The molecular weight excluding hydrogens is 526 g/mol. The summed E-state index contributed by atoms with van der Waals surface area (Å²) in [5, 5.41) is 3.84. The monoisotopic (exact) mass is 547 g/mol. The van der Waals surface area contributed by atoms with Crippen LogP contribution in [-0.2, 0) is 19.6 Å². The Hall–Kier alpha value is -3.44. The second-order valence-electron chi connectivity index (χ2n) is 7.04. The molecule has 0 fully saturated rings. The van der Waals surface area contributed by atoms with Crippen molar-refractivity contribution in [3.63, 3.8) is 0 Å². The standard InChI is InChI=1S/C23H22BrN3O6S/c1-3-32-23(29)17-6-4-16(5-7-17)21-13-12-20(33-21)14-25-26-22(28)15-27(34(2,30)31)19-10-8-18(24)9-11-19/h4-14H,3,15H2,1-2H3,(H,26,28)/b25-14-. The number of halogens is 1. The van der Waals surface area contributed by atoms with E-state index in [1.165, 1.54) is 6.21 Å². The van der Waals surface area contributed by atoms with Crippen molar-refractivity contribution in [2.45, 2.75) is 6.92 Å². The Kier molecular flexibility index (Phi) is 8.24. The Labute approximate surface area is 205 Å². The van der Waals surface area contributed by atoms with Crippen LogP contribution in [-0.4, -0.2) is 45.9 Å². The van der Waals surface area contributed by atoms with E-state index >= 15 is 0 Å². The first kappa shape index (κ1) is 25.2. The molecule has 1 aromatic heterocycles. The summed E-state index contributed by atoms with van der Waals surface area (Å²) >= 11 is 3.29. The van der Waals surface area contributed by atoms with Crippen LogP contribution in [0.25, 0.3) is 11.3 Å². The molecule has 11 heteroatoms. The molecule has 9 nitrogen and oxygen atoms in total. The van der Waals surface area contributed by atoms with Gasteiger partial charge in [-0.05, 0) is 55.5 Å². The van der Waals surface area contributed by atoms with Crippen molar-refractivity contribution in [3.8, 4) is 11.3 Å². The van der Waals surface area contributed by atoms with Gasteiger partial charge < -0.3 is 9.15 Å². The molecule has 2 aromatic carbocycles. The quantitative estimate of drug-likeness (QED) is 0.247. The Bertz CT molecular complexity index is 1280. The molecular formula is C23H22BrN3O6S. The highest BCUT2D eigenvalue weighted by Gasteiger charge is 2.20. The van der Waals surface area contributed by atoms with Crippen LogP contribution in [0, 0.1) is 0 Å². The molecule has 0 atom stereocenters. The molecule has 0 aliphatic carbocycles. The molecule has 1 N–H and O–H groups in total. The summed E-state index contributed by atoms with van der Waals surface area (Å²) in [6.45, 7) is 1.60. The molecule has 0 aliphatic heterocycles. The summed E-state index contributed by atoms with van der Waals surface area (Å²) in [6.07, 6.45) is 2.33. The van der Waals surface area contributed by atoms with Gasteiger partial charge in [0.2, 0.25) is 10.0 Å². The number of carbonyl (C=O) groups excluding carboxylic acids is 2. The van der Waals surface area contributed by atoms with E-state index in [1.54, 1.807) is 67.6 Å².